The number of halogens is 2. The van der Waals surface area contributed by atoms with Gasteiger partial charge in [-0.1, -0.05) is 44.5 Å². The molecule has 0 aliphatic heterocycles. The fourth-order valence-corrected chi connectivity index (χ4v) is 1.98. The Balaban J connectivity index is 0.00000361. The summed E-state index contributed by atoms with van der Waals surface area (Å²) < 4.78 is 0. The molecule has 0 saturated carbocycles. The van der Waals surface area contributed by atoms with Gasteiger partial charge in [-0.05, 0) is 30.0 Å². The zero-order chi connectivity index (χ0) is 14.6. The average molecular weight is 319 g/mol. The molecule has 0 radical (unpaired) electrons. The lowest BCUT2D eigenvalue weighted by molar-refractivity contribution is -0.135. The smallest absolute Gasteiger partial charge is 0.240 e. The SMILES string of the molecule is CCN(Cc1cccc(Cl)c1)C(=O)[C@@H](N)C(C)(C)C.Cl. The van der Waals surface area contributed by atoms with Gasteiger partial charge in [-0.25, -0.2) is 0 Å². The lowest BCUT2D eigenvalue weighted by Crippen LogP contribution is -2.50. The summed E-state index contributed by atoms with van der Waals surface area (Å²) in [6, 6.07) is 7.06. The first-order valence-corrected chi connectivity index (χ1v) is 6.92. The predicted molar refractivity (Wildman–Crippen MR) is 87.2 cm³/mol. The molecule has 3 nitrogen and oxygen atoms in total. The van der Waals surface area contributed by atoms with Crippen LogP contribution in [0.5, 0.6) is 0 Å². The van der Waals surface area contributed by atoms with Crippen molar-refractivity contribution in [3.05, 3.63) is 34.9 Å². The monoisotopic (exact) mass is 318 g/mol. The quantitative estimate of drug-likeness (QED) is 0.923. The molecule has 0 aliphatic rings. The van der Waals surface area contributed by atoms with E-state index in [1.807, 2.05) is 52.0 Å². The molecule has 5 heteroatoms. The zero-order valence-corrected chi connectivity index (χ0v) is 14.1. The van der Waals surface area contributed by atoms with Crippen LogP contribution in [0.1, 0.15) is 33.3 Å². The first kappa shape index (κ1) is 19.2. The third-order valence-corrected chi connectivity index (χ3v) is 3.39. The highest BCUT2D eigenvalue weighted by atomic mass is 35.5. The van der Waals surface area contributed by atoms with E-state index in [9.17, 15) is 4.79 Å². The topological polar surface area (TPSA) is 46.3 Å². The van der Waals surface area contributed by atoms with E-state index in [2.05, 4.69) is 0 Å². The third-order valence-electron chi connectivity index (χ3n) is 3.15. The molecular formula is C15H24Cl2N2O. The molecule has 1 aromatic rings. The molecule has 1 rings (SSSR count). The first-order valence-electron chi connectivity index (χ1n) is 6.54. The van der Waals surface area contributed by atoms with Crippen LogP contribution in [-0.4, -0.2) is 23.4 Å². The Morgan fingerprint density at radius 1 is 1.40 bits per heavy atom. The van der Waals surface area contributed by atoms with Crippen LogP contribution in [0.3, 0.4) is 0 Å². The van der Waals surface area contributed by atoms with Gasteiger partial charge in [0.25, 0.3) is 0 Å². The largest absolute Gasteiger partial charge is 0.337 e. The third kappa shape index (κ3) is 5.31. The van der Waals surface area contributed by atoms with Crippen molar-refractivity contribution in [3.8, 4) is 0 Å². The maximum absolute atomic E-state index is 12.4. The molecule has 0 unspecified atom stereocenters. The molecule has 2 N–H and O–H groups in total. The van der Waals surface area contributed by atoms with E-state index < -0.39 is 6.04 Å². The van der Waals surface area contributed by atoms with Crippen LogP contribution in [-0.2, 0) is 11.3 Å². The molecule has 1 amide bonds. The van der Waals surface area contributed by atoms with Gasteiger partial charge in [0.05, 0.1) is 6.04 Å². The number of rotatable bonds is 4. The van der Waals surface area contributed by atoms with Gasteiger partial charge in [0.2, 0.25) is 5.91 Å². The van der Waals surface area contributed by atoms with Crippen molar-refractivity contribution in [1.29, 1.82) is 0 Å². The molecule has 0 spiro atoms. The fraction of sp³-hybridized carbons (Fsp3) is 0.533. The molecule has 0 heterocycles. The van der Waals surface area contributed by atoms with Gasteiger partial charge < -0.3 is 10.6 Å². The van der Waals surface area contributed by atoms with Gasteiger partial charge in [0.15, 0.2) is 0 Å². The number of carbonyl (C=O) groups is 1. The second-order valence-corrected chi connectivity index (χ2v) is 6.26. The molecule has 114 valence electrons. The summed E-state index contributed by atoms with van der Waals surface area (Å²) in [4.78, 5) is 14.1. The van der Waals surface area contributed by atoms with E-state index in [0.717, 1.165) is 5.56 Å². The van der Waals surface area contributed by atoms with Crippen molar-refractivity contribution in [2.75, 3.05) is 6.54 Å². The molecular weight excluding hydrogens is 295 g/mol. The van der Waals surface area contributed by atoms with Gasteiger partial charge in [-0.15, -0.1) is 12.4 Å². The molecule has 1 atom stereocenters. The van der Waals surface area contributed by atoms with Gasteiger partial charge in [0, 0.05) is 18.1 Å². The number of likely N-dealkylation sites (N-methyl/N-ethyl adjacent to an activating group) is 1. The minimum absolute atomic E-state index is 0. The minimum Gasteiger partial charge on any atom is -0.337 e. The summed E-state index contributed by atoms with van der Waals surface area (Å²) >= 11 is 5.96. The van der Waals surface area contributed by atoms with Crippen LogP contribution in [0.15, 0.2) is 24.3 Å². The molecule has 0 aromatic heterocycles. The minimum atomic E-state index is -0.494. The van der Waals surface area contributed by atoms with Crippen molar-refractivity contribution in [2.45, 2.75) is 40.3 Å². The lowest BCUT2D eigenvalue weighted by atomic mass is 9.86. The number of hydrogen-bond acceptors (Lipinski definition) is 2. The predicted octanol–water partition coefficient (Wildman–Crippen LogP) is 3.48. The van der Waals surface area contributed by atoms with Crippen LogP contribution < -0.4 is 5.73 Å². The Morgan fingerprint density at radius 3 is 2.45 bits per heavy atom. The number of nitrogens with zero attached hydrogens (tertiary/aromatic N) is 1. The second kappa shape index (κ2) is 7.87. The summed E-state index contributed by atoms with van der Waals surface area (Å²) in [6.45, 7) is 9.06. The lowest BCUT2D eigenvalue weighted by Gasteiger charge is -2.31. The van der Waals surface area contributed by atoms with Crippen LogP contribution in [0.2, 0.25) is 5.02 Å². The van der Waals surface area contributed by atoms with Crippen molar-refractivity contribution in [2.24, 2.45) is 11.1 Å². The van der Waals surface area contributed by atoms with Crippen LogP contribution in [0.4, 0.5) is 0 Å². The van der Waals surface area contributed by atoms with Gasteiger partial charge in [-0.3, -0.25) is 4.79 Å². The summed E-state index contributed by atoms with van der Waals surface area (Å²) in [5.74, 6) is -0.0185. The van der Waals surface area contributed by atoms with Gasteiger partial charge in [0.1, 0.15) is 0 Å². The second-order valence-electron chi connectivity index (χ2n) is 5.83. The number of nitrogens with two attached hydrogens (primary N) is 1. The summed E-state index contributed by atoms with van der Waals surface area (Å²) in [5, 5.41) is 0.682. The summed E-state index contributed by atoms with van der Waals surface area (Å²) in [5.41, 5.74) is 6.82. The molecule has 0 saturated heterocycles. The van der Waals surface area contributed by atoms with Crippen molar-refractivity contribution in [1.82, 2.24) is 4.90 Å². The molecule has 0 bridgehead atoms. The highest BCUT2D eigenvalue weighted by molar-refractivity contribution is 6.30. The Hall–Kier alpha value is -0.770. The first-order chi connectivity index (χ1) is 8.75. The van der Waals surface area contributed by atoms with E-state index in [0.29, 0.717) is 18.1 Å². The van der Waals surface area contributed by atoms with Gasteiger partial charge >= 0.3 is 0 Å². The van der Waals surface area contributed by atoms with Crippen LogP contribution in [0, 0.1) is 5.41 Å². The van der Waals surface area contributed by atoms with E-state index in [-0.39, 0.29) is 23.7 Å². The van der Waals surface area contributed by atoms with Crippen LogP contribution in [0.25, 0.3) is 0 Å². The summed E-state index contributed by atoms with van der Waals surface area (Å²) in [6.07, 6.45) is 0. The molecule has 0 fully saturated rings. The normalized spacial score (nSPS) is 12.5. The Morgan fingerprint density at radius 2 is 2.00 bits per heavy atom. The standard InChI is InChI=1S/C15H23ClN2O.ClH/c1-5-18(14(19)13(17)15(2,3)4)10-11-7-6-8-12(16)9-11;/h6-9,13H,5,10,17H2,1-4H3;1H/t13-;/m1./s1. The van der Waals surface area contributed by atoms with Crippen molar-refractivity contribution in [3.63, 3.8) is 0 Å². The Kier molecular flexibility index (Phi) is 7.56. The number of hydrogen-bond donors (Lipinski definition) is 1. The highest BCUT2D eigenvalue weighted by Crippen LogP contribution is 2.20. The molecule has 20 heavy (non-hydrogen) atoms. The zero-order valence-electron chi connectivity index (χ0n) is 12.5. The number of benzene rings is 1. The average Bonchev–Trinajstić information content (AvgIpc) is 2.33. The van der Waals surface area contributed by atoms with E-state index in [1.165, 1.54) is 0 Å². The van der Waals surface area contributed by atoms with Crippen LogP contribution >= 0.6 is 24.0 Å². The Labute approximate surface area is 132 Å². The summed E-state index contributed by atoms with van der Waals surface area (Å²) in [7, 11) is 0. The number of carbonyl (C=O) groups excluding carboxylic acids is 1. The van der Waals surface area contributed by atoms with E-state index in [4.69, 9.17) is 17.3 Å². The van der Waals surface area contributed by atoms with Crippen molar-refractivity contribution < 1.29 is 4.79 Å². The molecule has 0 aliphatic carbocycles. The maximum Gasteiger partial charge on any atom is 0.240 e. The highest BCUT2D eigenvalue weighted by Gasteiger charge is 2.30. The number of amides is 1. The van der Waals surface area contributed by atoms with Gasteiger partial charge in [-0.2, -0.15) is 0 Å². The van der Waals surface area contributed by atoms with Crippen molar-refractivity contribution >= 4 is 29.9 Å². The van der Waals surface area contributed by atoms with E-state index >= 15 is 0 Å². The maximum atomic E-state index is 12.4. The fourth-order valence-electron chi connectivity index (χ4n) is 1.77. The molecule has 1 aromatic carbocycles. The Bertz CT molecular complexity index is 444. The van der Waals surface area contributed by atoms with E-state index in [1.54, 1.807) is 4.90 Å².